The third kappa shape index (κ3) is 4.18. The molecule has 2 fully saturated rings. The normalized spacial score (nSPS) is 16.8. The molecule has 2 saturated carbocycles. The van der Waals surface area contributed by atoms with Crippen molar-refractivity contribution >= 4 is 20.9 Å². The number of pyridine rings is 2. The summed E-state index contributed by atoms with van der Waals surface area (Å²) in [6.45, 7) is 1.46. The maximum absolute atomic E-state index is 15.9. The standard InChI is InChI=1S/C28H22F4N4O2S/c1-2-39(37,38)22-11-17(16-3-5-18(6-4-16)27(15-33)9-10-27)13-34-25(22)26-23(29)24-21(36(26)20-7-8-20)12-19(14-35-24)28(30,31)32/h3-6,11-14,20H,2,7-10H2,1H3. The molecule has 0 N–H and O–H groups in total. The highest BCUT2D eigenvalue weighted by molar-refractivity contribution is 7.91. The zero-order chi connectivity index (χ0) is 27.7. The van der Waals surface area contributed by atoms with Crippen molar-refractivity contribution in [2.45, 2.75) is 55.1 Å². The number of nitriles is 1. The second-order valence-electron chi connectivity index (χ2n) is 10.1. The molecule has 3 heterocycles. The first-order valence-corrected chi connectivity index (χ1v) is 14.2. The minimum Gasteiger partial charge on any atom is -0.332 e. The highest BCUT2D eigenvalue weighted by atomic mass is 32.2. The minimum atomic E-state index is -4.67. The van der Waals surface area contributed by atoms with Crippen molar-refractivity contribution in [2.24, 2.45) is 0 Å². The van der Waals surface area contributed by atoms with E-state index in [9.17, 15) is 26.9 Å². The Morgan fingerprint density at radius 3 is 2.33 bits per heavy atom. The molecule has 0 bridgehead atoms. The number of nitrogens with zero attached hydrogens (tertiary/aromatic N) is 4. The van der Waals surface area contributed by atoms with Gasteiger partial charge in [0.25, 0.3) is 0 Å². The van der Waals surface area contributed by atoms with E-state index in [1.54, 1.807) is 12.1 Å². The molecule has 200 valence electrons. The molecule has 1 aromatic carbocycles. The van der Waals surface area contributed by atoms with Gasteiger partial charge in [0, 0.05) is 24.0 Å². The average Bonchev–Trinajstić information content (AvgIpc) is 3.86. The van der Waals surface area contributed by atoms with Gasteiger partial charge in [-0.2, -0.15) is 18.4 Å². The van der Waals surface area contributed by atoms with E-state index in [0.717, 1.165) is 24.5 Å². The predicted molar refractivity (Wildman–Crippen MR) is 136 cm³/mol. The van der Waals surface area contributed by atoms with Crippen LogP contribution in [0.25, 0.3) is 33.5 Å². The maximum atomic E-state index is 15.9. The monoisotopic (exact) mass is 554 g/mol. The Labute approximate surface area is 221 Å². The number of halogens is 4. The second kappa shape index (κ2) is 8.61. The zero-order valence-electron chi connectivity index (χ0n) is 20.8. The molecule has 0 spiro atoms. The van der Waals surface area contributed by atoms with Crippen molar-refractivity contribution in [3.8, 4) is 28.6 Å². The van der Waals surface area contributed by atoms with E-state index >= 15 is 4.39 Å². The molecule has 6 nitrogen and oxygen atoms in total. The first kappa shape index (κ1) is 25.5. The molecule has 2 aliphatic carbocycles. The summed E-state index contributed by atoms with van der Waals surface area (Å²) in [6, 6.07) is 11.6. The van der Waals surface area contributed by atoms with Gasteiger partial charge < -0.3 is 4.57 Å². The molecular weight excluding hydrogens is 532 g/mol. The fourth-order valence-electron chi connectivity index (χ4n) is 4.97. The van der Waals surface area contributed by atoms with Gasteiger partial charge in [0.15, 0.2) is 15.7 Å². The number of alkyl halides is 3. The van der Waals surface area contributed by atoms with Crippen LogP contribution in [-0.4, -0.2) is 28.7 Å². The van der Waals surface area contributed by atoms with Crippen LogP contribution in [0.5, 0.6) is 0 Å². The molecule has 0 unspecified atom stereocenters. The Hall–Kier alpha value is -3.78. The molecule has 11 heteroatoms. The molecule has 0 radical (unpaired) electrons. The molecule has 3 aromatic heterocycles. The van der Waals surface area contributed by atoms with E-state index in [4.69, 9.17) is 0 Å². The number of hydrogen-bond donors (Lipinski definition) is 0. The van der Waals surface area contributed by atoms with Crippen molar-refractivity contribution in [3.63, 3.8) is 0 Å². The Bertz CT molecular complexity index is 1780. The van der Waals surface area contributed by atoms with Gasteiger partial charge in [0.1, 0.15) is 16.9 Å². The summed E-state index contributed by atoms with van der Waals surface area (Å²) in [5.74, 6) is -1.19. The van der Waals surface area contributed by atoms with E-state index in [1.807, 2.05) is 12.1 Å². The van der Waals surface area contributed by atoms with Crippen LogP contribution in [0.15, 0.2) is 53.7 Å². The molecule has 0 saturated heterocycles. The summed E-state index contributed by atoms with van der Waals surface area (Å²) in [7, 11) is -3.93. The summed E-state index contributed by atoms with van der Waals surface area (Å²) in [5.41, 5.74) is -0.104. The number of aromatic nitrogens is 3. The van der Waals surface area contributed by atoms with Crippen LogP contribution in [0.2, 0.25) is 0 Å². The van der Waals surface area contributed by atoms with Crippen LogP contribution in [0.3, 0.4) is 0 Å². The third-order valence-corrected chi connectivity index (χ3v) is 9.29. The van der Waals surface area contributed by atoms with Crippen LogP contribution in [0.4, 0.5) is 17.6 Å². The third-order valence-electron chi connectivity index (χ3n) is 7.55. The summed E-state index contributed by atoms with van der Waals surface area (Å²) in [5, 5.41) is 9.46. The first-order valence-electron chi connectivity index (χ1n) is 12.5. The quantitative estimate of drug-likeness (QED) is 0.250. The molecule has 4 aromatic rings. The lowest BCUT2D eigenvalue weighted by atomic mass is 9.95. The smallest absolute Gasteiger partial charge is 0.332 e. The van der Waals surface area contributed by atoms with Crippen LogP contribution in [0.1, 0.15) is 49.8 Å². The molecule has 6 rings (SSSR count). The van der Waals surface area contributed by atoms with Crippen molar-refractivity contribution in [1.82, 2.24) is 14.5 Å². The summed E-state index contributed by atoms with van der Waals surface area (Å²) >= 11 is 0. The Morgan fingerprint density at radius 1 is 1.08 bits per heavy atom. The van der Waals surface area contributed by atoms with E-state index in [0.29, 0.717) is 30.2 Å². The van der Waals surface area contributed by atoms with E-state index < -0.39 is 32.8 Å². The van der Waals surface area contributed by atoms with Gasteiger partial charge in [0.2, 0.25) is 0 Å². The van der Waals surface area contributed by atoms with Gasteiger partial charge in [0.05, 0.1) is 33.2 Å². The Kier molecular flexibility index (Phi) is 5.63. The van der Waals surface area contributed by atoms with Crippen LogP contribution in [-0.2, 0) is 21.4 Å². The molecule has 0 atom stereocenters. The fraction of sp³-hybridized carbons (Fsp3) is 0.321. The maximum Gasteiger partial charge on any atom is 0.417 e. The predicted octanol–water partition coefficient (Wildman–Crippen LogP) is 6.61. The number of hydrogen-bond acceptors (Lipinski definition) is 5. The number of sulfone groups is 1. The van der Waals surface area contributed by atoms with Gasteiger partial charge in [-0.15, -0.1) is 0 Å². The van der Waals surface area contributed by atoms with Crippen molar-refractivity contribution in [1.29, 1.82) is 5.26 Å². The first-order chi connectivity index (χ1) is 18.5. The van der Waals surface area contributed by atoms with E-state index in [2.05, 4.69) is 16.0 Å². The second-order valence-corrected chi connectivity index (χ2v) is 12.3. The van der Waals surface area contributed by atoms with Gasteiger partial charge in [-0.3, -0.25) is 9.97 Å². The number of benzene rings is 1. The lowest BCUT2D eigenvalue weighted by Gasteiger charge is -2.15. The highest BCUT2D eigenvalue weighted by Crippen LogP contribution is 2.48. The minimum absolute atomic E-state index is 0.0485. The van der Waals surface area contributed by atoms with Gasteiger partial charge in [-0.05, 0) is 48.9 Å². The number of rotatable bonds is 6. The summed E-state index contributed by atoms with van der Waals surface area (Å²) in [6.07, 6.45) is 0.131. The SMILES string of the molecule is CCS(=O)(=O)c1cc(-c2ccc(C3(C#N)CC3)cc2)cnc1-c1c(F)c2ncc(C(F)(F)F)cc2n1C1CC1. The van der Waals surface area contributed by atoms with E-state index in [1.165, 1.54) is 23.8 Å². The van der Waals surface area contributed by atoms with Crippen molar-refractivity contribution in [3.05, 3.63) is 65.7 Å². The molecule has 0 aliphatic heterocycles. The largest absolute Gasteiger partial charge is 0.417 e. The van der Waals surface area contributed by atoms with Crippen molar-refractivity contribution < 1.29 is 26.0 Å². The average molecular weight is 555 g/mol. The molecule has 39 heavy (non-hydrogen) atoms. The Balaban J connectivity index is 1.54. The van der Waals surface area contributed by atoms with E-state index in [-0.39, 0.29) is 39.1 Å². The van der Waals surface area contributed by atoms with Crippen LogP contribution in [0, 0.1) is 17.1 Å². The van der Waals surface area contributed by atoms with Gasteiger partial charge in [-0.1, -0.05) is 31.2 Å². The molecule has 2 aliphatic rings. The molecular formula is C28H22F4N4O2S. The van der Waals surface area contributed by atoms with Gasteiger partial charge in [-0.25, -0.2) is 12.8 Å². The summed E-state index contributed by atoms with van der Waals surface area (Å²) in [4.78, 5) is 7.95. The zero-order valence-corrected chi connectivity index (χ0v) is 21.6. The lowest BCUT2D eigenvalue weighted by molar-refractivity contribution is -0.137. The lowest BCUT2D eigenvalue weighted by Crippen LogP contribution is -2.10. The van der Waals surface area contributed by atoms with Crippen LogP contribution < -0.4 is 0 Å². The summed E-state index contributed by atoms with van der Waals surface area (Å²) < 4.78 is 84.1. The topological polar surface area (TPSA) is 88.6 Å². The Morgan fingerprint density at radius 2 is 1.77 bits per heavy atom. The molecule has 0 amide bonds. The van der Waals surface area contributed by atoms with Crippen molar-refractivity contribution in [2.75, 3.05) is 5.75 Å². The number of fused-ring (bicyclic) bond motifs is 1. The van der Waals surface area contributed by atoms with Crippen LogP contribution >= 0.6 is 0 Å². The highest BCUT2D eigenvalue weighted by Gasteiger charge is 2.44. The van der Waals surface area contributed by atoms with Gasteiger partial charge >= 0.3 is 6.18 Å². The fourth-order valence-corrected chi connectivity index (χ4v) is 6.04.